The lowest BCUT2D eigenvalue weighted by Gasteiger charge is -2.36. The van der Waals surface area contributed by atoms with Gasteiger partial charge in [0.05, 0.1) is 29.0 Å². The quantitative estimate of drug-likeness (QED) is 0.309. The molecule has 5 rings (SSSR count). The van der Waals surface area contributed by atoms with Gasteiger partial charge in [-0.2, -0.15) is 0 Å². The Hall–Kier alpha value is -3.99. The summed E-state index contributed by atoms with van der Waals surface area (Å²) in [5.74, 6) is 0.894. The van der Waals surface area contributed by atoms with E-state index in [1.165, 1.54) is 16.9 Å². The summed E-state index contributed by atoms with van der Waals surface area (Å²) in [6.45, 7) is 6.56. The van der Waals surface area contributed by atoms with Crippen LogP contribution in [0.1, 0.15) is 39.6 Å². The molecule has 3 aromatic carbocycles. The Bertz CT molecular complexity index is 1540. The number of fused-ring (bicyclic) bond motifs is 2. The van der Waals surface area contributed by atoms with Crippen molar-refractivity contribution in [1.29, 1.82) is 0 Å². The Labute approximate surface area is 256 Å². The number of likely N-dealkylation sites (N-methyl/N-ethyl adjacent to an activating group) is 1. The van der Waals surface area contributed by atoms with Gasteiger partial charge in [-0.25, -0.2) is 4.98 Å². The molecule has 0 radical (unpaired) electrons. The van der Waals surface area contributed by atoms with Gasteiger partial charge in [0.25, 0.3) is 11.8 Å². The molecule has 0 spiro atoms. The summed E-state index contributed by atoms with van der Waals surface area (Å²) in [4.78, 5) is 35.3. The molecule has 0 aliphatic carbocycles. The summed E-state index contributed by atoms with van der Waals surface area (Å²) >= 11 is 1.33. The average molecular weight is 603 g/mol. The minimum atomic E-state index is -0.327. The van der Waals surface area contributed by atoms with Crippen LogP contribution in [0.4, 0.5) is 5.69 Å². The SMILES string of the molecule is COc1ccc(CN2C[C@@H](C)[C@H](OC)CN(C)C(=O)c3cc(NC(=O)c4nc5ccccc5s4)ccc3OC[C@@H]2C)cc1. The molecule has 2 heterocycles. The maximum atomic E-state index is 13.7. The molecule has 0 fully saturated rings. The number of anilines is 1. The largest absolute Gasteiger partial charge is 0.497 e. The Morgan fingerprint density at radius 2 is 1.84 bits per heavy atom. The predicted molar refractivity (Wildman–Crippen MR) is 169 cm³/mol. The minimum Gasteiger partial charge on any atom is -0.497 e. The number of thiazole rings is 1. The highest BCUT2D eigenvalue weighted by molar-refractivity contribution is 7.20. The van der Waals surface area contributed by atoms with Crippen molar-refractivity contribution in [1.82, 2.24) is 14.8 Å². The van der Waals surface area contributed by atoms with Crippen LogP contribution in [0.3, 0.4) is 0 Å². The van der Waals surface area contributed by atoms with E-state index < -0.39 is 0 Å². The maximum absolute atomic E-state index is 13.7. The van der Waals surface area contributed by atoms with Crippen LogP contribution in [0.25, 0.3) is 10.2 Å². The van der Waals surface area contributed by atoms with Crippen molar-refractivity contribution in [3.05, 3.63) is 82.9 Å². The van der Waals surface area contributed by atoms with Gasteiger partial charge in [-0.3, -0.25) is 14.5 Å². The van der Waals surface area contributed by atoms with Gasteiger partial charge >= 0.3 is 0 Å². The molecule has 3 atom stereocenters. The van der Waals surface area contributed by atoms with Gasteiger partial charge in [0.2, 0.25) is 0 Å². The zero-order valence-electron chi connectivity index (χ0n) is 25.2. The number of rotatable bonds is 6. The molecule has 9 nitrogen and oxygen atoms in total. The predicted octanol–water partition coefficient (Wildman–Crippen LogP) is 5.56. The fourth-order valence-electron chi connectivity index (χ4n) is 5.27. The third-order valence-electron chi connectivity index (χ3n) is 7.86. The van der Waals surface area contributed by atoms with Crippen molar-refractivity contribution >= 4 is 39.1 Å². The fraction of sp³-hybridized carbons (Fsp3) is 0.364. The molecule has 226 valence electrons. The zero-order chi connectivity index (χ0) is 30.5. The van der Waals surface area contributed by atoms with Gasteiger partial charge in [-0.15, -0.1) is 11.3 Å². The number of hydrogen-bond acceptors (Lipinski definition) is 8. The number of carbonyl (C=O) groups is 2. The van der Waals surface area contributed by atoms with Gasteiger partial charge in [0, 0.05) is 45.5 Å². The molecule has 1 aliphatic heterocycles. The first-order valence-electron chi connectivity index (χ1n) is 14.3. The summed E-state index contributed by atoms with van der Waals surface area (Å²) in [5, 5.41) is 3.27. The summed E-state index contributed by atoms with van der Waals surface area (Å²) in [6, 6.07) is 20.9. The summed E-state index contributed by atoms with van der Waals surface area (Å²) in [7, 11) is 5.12. The standard InChI is InChI=1S/C33H38N4O5S/c1-21-17-37(18-23-10-13-25(40-4)14-11-23)22(2)20-42-28-15-12-24(16-26(28)33(39)36(3)19-29(21)41-5)34-31(38)32-35-27-8-6-7-9-30(27)43-32/h6-16,21-22,29H,17-20H2,1-5H3,(H,34,38)/t21-,22+,29-/m1/s1. The van der Waals surface area contributed by atoms with E-state index in [0.29, 0.717) is 35.2 Å². The first kappa shape index (κ1) is 30.5. The molecule has 1 aromatic heterocycles. The second-order valence-corrected chi connectivity index (χ2v) is 12.1. The van der Waals surface area contributed by atoms with E-state index >= 15 is 0 Å². The maximum Gasteiger partial charge on any atom is 0.284 e. The van der Waals surface area contributed by atoms with Crippen molar-refractivity contribution in [2.75, 3.05) is 46.3 Å². The molecular weight excluding hydrogens is 564 g/mol. The Morgan fingerprint density at radius 1 is 1.07 bits per heavy atom. The van der Waals surface area contributed by atoms with E-state index in [1.807, 2.05) is 36.4 Å². The number of aromatic nitrogens is 1. The third-order valence-corrected chi connectivity index (χ3v) is 8.90. The van der Waals surface area contributed by atoms with Crippen molar-refractivity contribution in [2.45, 2.75) is 32.5 Å². The summed E-state index contributed by atoms with van der Waals surface area (Å²) in [6.07, 6.45) is -0.176. The van der Waals surface area contributed by atoms with Gasteiger partial charge in [-0.1, -0.05) is 31.2 Å². The minimum absolute atomic E-state index is 0.0422. The van der Waals surface area contributed by atoms with Crippen LogP contribution < -0.4 is 14.8 Å². The molecule has 0 saturated carbocycles. The summed E-state index contributed by atoms with van der Waals surface area (Å²) in [5.41, 5.74) is 2.81. The highest BCUT2D eigenvalue weighted by atomic mass is 32.1. The van der Waals surface area contributed by atoms with Gasteiger partial charge < -0.3 is 24.4 Å². The molecular formula is C33H38N4O5S. The molecule has 0 bridgehead atoms. The molecule has 1 aliphatic rings. The Kier molecular flexibility index (Phi) is 9.59. The number of hydrogen-bond donors (Lipinski definition) is 1. The van der Waals surface area contributed by atoms with Crippen LogP contribution in [0.15, 0.2) is 66.7 Å². The van der Waals surface area contributed by atoms with Crippen LogP contribution in [0.2, 0.25) is 0 Å². The second kappa shape index (κ2) is 13.5. The molecule has 4 aromatic rings. The monoisotopic (exact) mass is 602 g/mol. The fourth-order valence-corrected chi connectivity index (χ4v) is 6.13. The number of ether oxygens (including phenoxy) is 3. The van der Waals surface area contributed by atoms with E-state index in [2.05, 4.69) is 41.2 Å². The van der Waals surface area contributed by atoms with Crippen molar-refractivity contribution in [3.8, 4) is 11.5 Å². The Balaban J connectivity index is 1.40. The smallest absolute Gasteiger partial charge is 0.284 e. The number of nitrogens with one attached hydrogen (secondary N) is 1. The number of benzene rings is 3. The molecule has 0 saturated heterocycles. The highest BCUT2D eigenvalue weighted by Crippen LogP contribution is 2.28. The van der Waals surface area contributed by atoms with Crippen molar-refractivity contribution in [3.63, 3.8) is 0 Å². The van der Waals surface area contributed by atoms with E-state index in [0.717, 1.165) is 29.1 Å². The number of amides is 2. The van der Waals surface area contributed by atoms with Crippen LogP contribution >= 0.6 is 11.3 Å². The Morgan fingerprint density at radius 3 is 2.56 bits per heavy atom. The van der Waals surface area contributed by atoms with Crippen LogP contribution in [-0.2, 0) is 11.3 Å². The first-order chi connectivity index (χ1) is 20.7. The lowest BCUT2D eigenvalue weighted by Crippen LogP contribution is -2.46. The van der Waals surface area contributed by atoms with Crippen molar-refractivity contribution in [2.24, 2.45) is 5.92 Å². The normalized spacial score (nSPS) is 20.1. The molecule has 0 unspecified atom stereocenters. The lowest BCUT2D eigenvalue weighted by molar-refractivity contribution is 0.00921. The van der Waals surface area contributed by atoms with Gasteiger partial charge in [0.15, 0.2) is 5.01 Å². The van der Waals surface area contributed by atoms with E-state index in [-0.39, 0.29) is 29.9 Å². The zero-order valence-corrected chi connectivity index (χ0v) is 26.0. The molecule has 2 amide bonds. The summed E-state index contributed by atoms with van der Waals surface area (Å²) < 4.78 is 18.5. The van der Waals surface area contributed by atoms with Gasteiger partial charge in [-0.05, 0) is 60.9 Å². The second-order valence-electron chi connectivity index (χ2n) is 11.0. The van der Waals surface area contributed by atoms with E-state index in [1.54, 1.807) is 44.4 Å². The lowest BCUT2D eigenvalue weighted by atomic mass is 10.0. The third kappa shape index (κ3) is 7.15. The molecule has 1 N–H and O–H groups in total. The first-order valence-corrected chi connectivity index (χ1v) is 15.2. The number of carbonyl (C=O) groups excluding carboxylic acids is 2. The van der Waals surface area contributed by atoms with Crippen LogP contribution in [-0.4, -0.2) is 79.7 Å². The highest BCUT2D eigenvalue weighted by Gasteiger charge is 2.29. The van der Waals surface area contributed by atoms with Crippen molar-refractivity contribution < 1.29 is 23.8 Å². The number of methoxy groups -OCH3 is 2. The van der Waals surface area contributed by atoms with Gasteiger partial charge in [0.1, 0.15) is 18.1 Å². The van der Waals surface area contributed by atoms with Crippen LogP contribution in [0.5, 0.6) is 11.5 Å². The topological polar surface area (TPSA) is 93.2 Å². The number of nitrogens with zero attached hydrogens (tertiary/aromatic N) is 3. The van der Waals surface area contributed by atoms with E-state index in [9.17, 15) is 9.59 Å². The molecule has 43 heavy (non-hydrogen) atoms. The molecule has 10 heteroatoms. The van der Waals surface area contributed by atoms with E-state index in [4.69, 9.17) is 14.2 Å². The van der Waals surface area contributed by atoms with Crippen LogP contribution in [0, 0.1) is 5.92 Å². The number of para-hydroxylation sites is 1. The average Bonchev–Trinajstić information content (AvgIpc) is 3.46.